The molecular weight excluding hydrogens is 320 g/mol. The third-order valence-electron chi connectivity index (χ3n) is 3.87. The Morgan fingerprint density at radius 2 is 1.96 bits per heavy atom. The minimum Gasteiger partial charge on any atom is -0.449 e. The van der Waals surface area contributed by atoms with E-state index in [-0.39, 0.29) is 5.91 Å². The molecule has 0 bridgehead atoms. The first-order valence-electron chi connectivity index (χ1n) is 7.86. The van der Waals surface area contributed by atoms with Gasteiger partial charge in [-0.3, -0.25) is 4.79 Å². The summed E-state index contributed by atoms with van der Waals surface area (Å²) < 4.78 is 10.4. The molecule has 0 fully saturated rings. The van der Waals surface area contributed by atoms with Gasteiger partial charge in [0, 0.05) is 5.69 Å². The fraction of sp³-hybridized carbons (Fsp3) is 0.211. The number of benzene rings is 2. The van der Waals surface area contributed by atoms with E-state index in [1.165, 1.54) is 13.3 Å². The van der Waals surface area contributed by atoms with E-state index in [0.29, 0.717) is 22.4 Å². The summed E-state index contributed by atoms with van der Waals surface area (Å²) in [5.41, 5.74) is 4.13. The summed E-state index contributed by atoms with van der Waals surface area (Å²) in [5, 5.41) is 2.79. The van der Waals surface area contributed by atoms with Crippen LogP contribution in [0.4, 0.5) is 5.69 Å². The number of aromatic nitrogens is 1. The minimum atomic E-state index is -0.930. The highest BCUT2D eigenvalue weighted by Gasteiger charge is 2.20. The number of carbonyl (C=O) groups is 2. The average Bonchev–Trinajstić information content (AvgIpc) is 3.05. The molecule has 3 aromatic rings. The first kappa shape index (κ1) is 16.7. The number of ether oxygens (including phenoxy) is 1. The number of oxazole rings is 1. The second-order valence-corrected chi connectivity index (χ2v) is 5.89. The molecule has 0 saturated heterocycles. The van der Waals surface area contributed by atoms with Crippen LogP contribution >= 0.6 is 0 Å². The maximum atomic E-state index is 12.3. The molecule has 128 valence electrons. The van der Waals surface area contributed by atoms with Crippen molar-refractivity contribution in [2.24, 2.45) is 0 Å². The number of hydrogen-bond acceptors (Lipinski definition) is 5. The van der Waals surface area contributed by atoms with Gasteiger partial charge in [-0.05, 0) is 56.2 Å². The van der Waals surface area contributed by atoms with Gasteiger partial charge < -0.3 is 14.5 Å². The Morgan fingerprint density at radius 1 is 1.16 bits per heavy atom. The lowest BCUT2D eigenvalue weighted by Crippen LogP contribution is -2.30. The number of fused-ring (bicyclic) bond motifs is 1. The number of nitrogens with one attached hydrogen (secondary N) is 1. The molecule has 0 saturated carbocycles. The Labute approximate surface area is 144 Å². The van der Waals surface area contributed by atoms with E-state index < -0.39 is 12.1 Å². The number of aryl methyl sites for hydroxylation is 2. The van der Waals surface area contributed by atoms with Gasteiger partial charge in [0.05, 0.1) is 5.56 Å². The van der Waals surface area contributed by atoms with Crippen LogP contribution in [-0.4, -0.2) is 23.0 Å². The Bertz CT molecular complexity index is 946. The first-order valence-corrected chi connectivity index (χ1v) is 7.86. The summed E-state index contributed by atoms with van der Waals surface area (Å²) in [5.74, 6) is -0.974. The maximum Gasteiger partial charge on any atom is 0.338 e. The molecular formula is C19H18N2O4. The predicted molar refractivity (Wildman–Crippen MR) is 93.4 cm³/mol. The van der Waals surface area contributed by atoms with Crippen LogP contribution in [-0.2, 0) is 9.53 Å². The van der Waals surface area contributed by atoms with Gasteiger partial charge in [0.15, 0.2) is 18.1 Å². The van der Waals surface area contributed by atoms with E-state index in [9.17, 15) is 9.59 Å². The zero-order chi connectivity index (χ0) is 18.0. The van der Waals surface area contributed by atoms with E-state index >= 15 is 0 Å². The Morgan fingerprint density at radius 3 is 2.76 bits per heavy atom. The van der Waals surface area contributed by atoms with Gasteiger partial charge >= 0.3 is 5.97 Å². The molecule has 1 atom stereocenters. The van der Waals surface area contributed by atoms with Gasteiger partial charge in [-0.15, -0.1) is 0 Å². The summed E-state index contributed by atoms with van der Waals surface area (Å²) in [6.45, 7) is 5.38. The van der Waals surface area contributed by atoms with Crippen molar-refractivity contribution in [2.45, 2.75) is 26.9 Å². The maximum absolute atomic E-state index is 12.3. The van der Waals surface area contributed by atoms with Crippen molar-refractivity contribution < 1.29 is 18.7 Å². The second kappa shape index (κ2) is 6.76. The lowest BCUT2D eigenvalue weighted by atomic mass is 10.1. The van der Waals surface area contributed by atoms with Gasteiger partial charge in [-0.1, -0.05) is 12.1 Å². The Balaban J connectivity index is 1.68. The third kappa shape index (κ3) is 3.68. The van der Waals surface area contributed by atoms with Crippen LogP contribution in [0.3, 0.4) is 0 Å². The number of anilines is 1. The molecule has 6 heteroatoms. The molecule has 25 heavy (non-hydrogen) atoms. The van der Waals surface area contributed by atoms with E-state index in [1.807, 2.05) is 32.0 Å². The zero-order valence-corrected chi connectivity index (χ0v) is 14.2. The quantitative estimate of drug-likeness (QED) is 0.735. The first-order chi connectivity index (χ1) is 11.9. The summed E-state index contributed by atoms with van der Waals surface area (Å²) >= 11 is 0. The third-order valence-corrected chi connectivity index (χ3v) is 3.87. The van der Waals surface area contributed by atoms with Crippen LogP contribution < -0.4 is 5.32 Å². The Hall–Kier alpha value is -3.15. The molecule has 0 aliphatic carbocycles. The van der Waals surface area contributed by atoms with Crippen LogP contribution in [0.2, 0.25) is 0 Å². The molecule has 0 aliphatic heterocycles. The summed E-state index contributed by atoms with van der Waals surface area (Å²) in [6, 6.07) is 10.5. The number of hydrogen-bond donors (Lipinski definition) is 1. The Kier molecular flexibility index (Phi) is 4.52. The topological polar surface area (TPSA) is 81.4 Å². The molecule has 1 heterocycles. The fourth-order valence-corrected chi connectivity index (χ4v) is 2.37. The van der Waals surface area contributed by atoms with E-state index in [2.05, 4.69) is 10.3 Å². The van der Waals surface area contributed by atoms with Crippen molar-refractivity contribution in [3.63, 3.8) is 0 Å². The van der Waals surface area contributed by atoms with E-state index in [4.69, 9.17) is 9.15 Å². The highest BCUT2D eigenvalue weighted by atomic mass is 16.5. The van der Waals surface area contributed by atoms with Crippen LogP contribution in [0.25, 0.3) is 11.1 Å². The zero-order valence-electron chi connectivity index (χ0n) is 14.2. The van der Waals surface area contributed by atoms with Crippen LogP contribution in [0, 0.1) is 13.8 Å². The fourth-order valence-electron chi connectivity index (χ4n) is 2.37. The summed E-state index contributed by atoms with van der Waals surface area (Å²) in [4.78, 5) is 28.5. The van der Waals surface area contributed by atoms with Crippen LogP contribution in [0.5, 0.6) is 0 Å². The lowest BCUT2D eigenvalue weighted by molar-refractivity contribution is -0.123. The van der Waals surface area contributed by atoms with E-state index in [0.717, 1.165) is 11.1 Å². The van der Waals surface area contributed by atoms with Crippen molar-refractivity contribution >= 4 is 28.7 Å². The largest absolute Gasteiger partial charge is 0.449 e. The lowest BCUT2D eigenvalue weighted by Gasteiger charge is -2.15. The normalized spacial score (nSPS) is 12.0. The molecule has 1 amide bonds. The van der Waals surface area contributed by atoms with Crippen molar-refractivity contribution in [1.82, 2.24) is 4.98 Å². The predicted octanol–water partition coefficient (Wildman–Crippen LogP) is 3.63. The van der Waals surface area contributed by atoms with Crippen LogP contribution in [0.15, 0.2) is 47.2 Å². The highest BCUT2D eigenvalue weighted by molar-refractivity contribution is 5.98. The summed E-state index contributed by atoms with van der Waals surface area (Å²) in [6.07, 6.45) is 0.375. The van der Waals surface area contributed by atoms with Crippen molar-refractivity contribution in [3.05, 3.63) is 59.5 Å². The minimum absolute atomic E-state index is 0.313. The standard InChI is InChI=1S/C19H18N2O4/c1-11-4-5-12(2)15(8-11)21-18(22)13(3)25-19(23)14-6-7-17-16(9-14)20-10-24-17/h4-10,13H,1-3H3,(H,21,22). The van der Waals surface area contributed by atoms with Crippen LogP contribution in [0.1, 0.15) is 28.4 Å². The number of nitrogens with zero attached hydrogens (tertiary/aromatic N) is 1. The van der Waals surface area contributed by atoms with Crippen molar-refractivity contribution in [2.75, 3.05) is 5.32 Å². The monoisotopic (exact) mass is 338 g/mol. The van der Waals surface area contributed by atoms with Gasteiger partial charge in [-0.25, -0.2) is 9.78 Å². The molecule has 0 radical (unpaired) electrons. The average molecular weight is 338 g/mol. The molecule has 2 aromatic carbocycles. The number of rotatable bonds is 4. The molecule has 3 rings (SSSR count). The van der Waals surface area contributed by atoms with Crippen molar-refractivity contribution in [1.29, 1.82) is 0 Å². The number of amides is 1. The molecule has 6 nitrogen and oxygen atoms in total. The van der Waals surface area contributed by atoms with E-state index in [1.54, 1.807) is 18.2 Å². The van der Waals surface area contributed by atoms with Gasteiger partial charge in [-0.2, -0.15) is 0 Å². The smallest absolute Gasteiger partial charge is 0.338 e. The van der Waals surface area contributed by atoms with Gasteiger partial charge in [0.2, 0.25) is 0 Å². The molecule has 1 aromatic heterocycles. The number of esters is 1. The molecule has 0 aliphatic rings. The SMILES string of the molecule is Cc1ccc(C)c(NC(=O)C(C)OC(=O)c2ccc3ocnc3c2)c1. The molecule has 0 spiro atoms. The van der Waals surface area contributed by atoms with Gasteiger partial charge in [0.1, 0.15) is 5.52 Å². The summed E-state index contributed by atoms with van der Waals surface area (Å²) in [7, 11) is 0. The van der Waals surface area contributed by atoms with Crippen molar-refractivity contribution in [3.8, 4) is 0 Å². The number of carbonyl (C=O) groups excluding carboxylic acids is 2. The molecule has 1 unspecified atom stereocenters. The van der Waals surface area contributed by atoms with Gasteiger partial charge in [0.25, 0.3) is 5.91 Å². The molecule has 1 N–H and O–H groups in total. The highest BCUT2D eigenvalue weighted by Crippen LogP contribution is 2.18. The second-order valence-electron chi connectivity index (χ2n) is 5.89.